The van der Waals surface area contributed by atoms with Crippen molar-refractivity contribution in [3.8, 4) is 0 Å². The zero-order valence-corrected chi connectivity index (χ0v) is 13.2. The zero-order chi connectivity index (χ0) is 13.9. The van der Waals surface area contributed by atoms with E-state index < -0.39 is 9.84 Å². The average molecular weight is 287 g/mol. The van der Waals surface area contributed by atoms with Crippen LogP contribution in [0.4, 0.5) is 0 Å². The largest absolute Gasteiger partial charge is 0.316 e. The number of hydrogen-bond donors (Lipinski definition) is 1. The predicted octanol–water partition coefficient (Wildman–Crippen LogP) is 2.90. The quantitative estimate of drug-likeness (QED) is 0.812. The van der Waals surface area contributed by atoms with Gasteiger partial charge in [0.15, 0.2) is 9.84 Å². The van der Waals surface area contributed by atoms with Crippen LogP contribution in [0, 0.1) is 5.92 Å². The second-order valence-electron chi connectivity index (χ2n) is 6.55. The lowest BCUT2D eigenvalue weighted by Gasteiger charge is -2.33. The molecule has 0 aromatic heterocycles. The van der Waals surface area contributed by atoms with Crippen LogP contribution in [-0.2, 0) is 9.84 Å². The maximum absolute atomic E-state index is 13.0. The maximum Gasteiger partial charge on any atom is 0.157 e. The molecular formula is C15H29NO2S. The van der Waals surface area contributed by atoms with Gasteiger partial charge in [-0.2, -0.15) is 0 Å². The first kappa shape index (κ1) is 15.3. The van der Waals surface area contributed by atoms with Crippen LogP contribution in [0.2, 0.25) is 0 Å². The molecule has 19 heavy (non-hydrogen) atoms. The number of rotatable bonds is 3. The van der Waals surface area contributed by atoms with Crippen LogP contribution in [0.5, 0.6) is 0 Å². The standard InChI is InChI=1S/C15H29NO2S/c1-12-7-6-8-13(11-12)19(17,18)15-10-5-3-4-9-14(15)16-2/h12-16H,3-11H2,1-2H3. The van der Waals surface area contributed by atoms with Gasteiger partial charge in [-0.1, -0.05) is 39.0 Å². The molecule has 0 aromatic rings. The highest BCUT2D eigenvalue weighted by Gasteiger charge is 2.40. The molecule has 2 fully saturated rings. The molecule has 0 heterocycles. The topological polar surface area (TPSA) is 46.2 Å². The van der Waals surface area contributed by atoms with Gasteiger partial charge in [-0.15, -0.1) is 0 Å². The van der Waals surface area contributed by atoms with Gasteiger partial charge < -0.3 is 5.32 Å². The second kappa shape index (κ2) is 6.57. The van der Waals surface area contributed by atoms with E-state index >= 15 is 0 Å². The molecule has 2 aliphatic carbocycles. The molecule has 112 valence electrons. The summed E-state index contributed by atoms with van der Waals surface area (Å²) in [5.41, 5.74) is 0. The van der Waals surface area contributed by atoms with Gasteiger partial charge in [0.1, 0.15) is 0 Å². The van der Waals surface area contributed by atoms with E-state index in [0.29, 0.717) is 5.92 Å². The van der Waals surface area contributed by atoms with Crippen LogP contribution >= 0.6 is 0 Å². The van der Waals surface area contributed by atoms with Crippen molar-refractivity contribution in [2.45, 2.75) is 81.3 Å². The van der Waals surface area contributed by atoms with Crippen molar-refractivity contribution in [2.75, 3.05) is 7.05 Å². The van der Waals surface area contributed by atoms with Crippen molar-refractivity contribution in [3.63, 3.8) is 0 Å². The first-order chi connectivity index (χ1) is 9.05. The van der Waals surface area contributed by atoms with E-state index in [1.165, 1.54) is 19.3 Å². The van der Waals surface area contributed by atoms with E-state index in [-0.39, 0.29) is 16.5 Å². The average Bonchev–Trinajstić information content (AvgIpc) is 2.64. The highest BCUT2D eigenvalue weighted by atomic mass is 32.2. The van der Waals surface area contributed by atoms with Crippen molar-refractivity contribution < 1.29 is 8.42 Å². The Hall–Kier alpha value is -0.0900. The number of sulfone groups is 1. The van der Waals surface area contributed by atoms with E-state index in [0.717, 1.165) is 38.5 Å². The fraction of sp³-hybridized carbons (Fsp3) is 1.00. The molecule has 0 saturated heterocycles. The Bertz CT molecular complexity index is 380. The number of hydrogen-bond acceptors (Lipinski definition) is 3. The number of nitrogens with one attached hydrogen (secondary N) is 1. The van der Waals surface area contributed by atoms with E-state index in [4.69, 9.17) is 0 Å². The molecule has 0 aromatic carbocycles. The molecule has 4 heteroatoms. The van der Waals surface area contributed by atoms with Gasteiger partial charge in [-0.25, -0.2) is 8.42 Å². The summed E-state index contributed by atoms with van der Waals surface area (Å²) in [6.07, 6.45) is 9.36. The van der Waals surface area contributed by atoms with Crippen LogP contribution < -0.4 is 5.32 Å². The fourth-order valence-electron chi connectivity index (χ4n) is 3.92. The van der Waals surface area contributed by atoms with Gasteiger partial charge in [-0.3, -0.25) is 0 Å². The van der Waals surface area contributed by atoms with Crippen molar-refractivity contribution in [1.82, 2.24) is 5.32 Å². The molecular weight excluding hydrogens is 258 g/mol. The van der Waals surface area contributed by atoms with E-state index in [1.54, 1.807) is 0 Å². The third-order valence-electron chi connectivity index (χ3n) is 5.10. The SMILES string of the molecule is CNC1CCCCCC1S(=O)(=O)C1CCCC(C)C1. The minimum Gasteiger partial charge on any atom is -0.316 e. The molecule has 2 rings (SSSR count). The molecule has 0 amide bonds. The zero-order valence-electron chi connectivity index (χ0n) is 12.4. The summed E-state index contributed by atoms with van der Waals surface area (Å²) in [4.78, 5) is 0. The minimum absolute atomic E-state index is 0.0739. The molecule has 0 spiro atoms. The van der Waals surface area contributed by atoms with Crippen molar-refractivity contribution in [3.05, 3.63) is 0 Å². The molecule has 2 aliphatic rings. The Morgan fingerprint density at radius 2 is 1.68 bits per heavy atom. The third-order valence-corrected chi connectivity index (χ3v) is 7.86. The van der Waals surface area contributed by atoms with Gasteiger partial charge in [0, 0.05) is 6.04 Å². The van der Waals surface area contributed by atoms with E-state index in [9.17, 15) is 8.42 Å². The Labute approximate surface area is 118 Å². The fourth-order valence-corrected chi connectivity index (χ4v) is 6.73. The van der Waals surface area contributed by atoms with Gasteiger partial charge in [0.2, 0.25) is 0 Å². The van der Waals surface area contributed by atoms with Gasteiger partial charge in [-0.05, 0) is 38.6 Å². The summed E-state index contributed by atoms with van der Waals surface area (Å²) >= 11 is 0. The van der Waals surface area contributed by atoms with Crippen molar-refractivity contribution >= 4 is 9.84 Å². The van der Waals surface area contributed by atoms with Crippen LogP contribution in [0.25, 0.3) is 0 Å². The summed E-state index contributed by atoms with van der Waals surface area (Å²) in [6, 6.07) is 0.171. The van der Waals surface area contributed by atoms with Crippen LogP contribution in [-0.4, -0.2) is 32.0 Å². The Kier molecular flexibility index (Phi) is 5.29. The summed E-state index contributed by atoms with van der Waals surface area (Å²) in [5.74, 6) is 0.576. The Morgan fingerprint density at radius 1 is 0.947 bits per heavy atom. The van der Waals surface area contributed by atoms with Crippen LogP contribution in [0.3, 0.4) is 0 Å². The predicted molar refractivity (Wildman–Crippen MR) is 80.1 cm³/mol. The lowest BCUT2D eigenvalue weighted by atomic mass is 9.90. The van der Waals surface area contributed by atoms with Gasteiger partial charge in [0.25, 0.3) is 0 Å². The van der Waals surface area contributed by atoms with E-state index in [2.05, 4.69) is 12.2 Å². The molecule has 0 bridgehead atoms. The molecule has 2 saturated carbocycles. The first-order valence-corrected chi connectivity index (χ1v) is 9.56. The maximum atomic E-state index is 13.0. The lowest BCUT2D eigenvalue weighted by Crippen LogP contribution is -2.46. The van der Waals surface area contributed by atoms with Crippen LogP contribution in [0.15, 0.2) is 0 Å². The first-order valence-electron chi connectivity index (χ1n) is 7.95. The third kappa shape index (κ3) is 3.52. The van der Waals surface area contributed by atoms with Crippen LogP contribution in [0.1, 0.15) is 64.7 Å². The van der Waals surface area contributed by atoms with Crippen molar-refractivity contribution in [2.24, 2.45) is 5.92 Å². The minimum atomic E-state index is -2.97. The normalized spacial score (nSPS) is 37.8. The van der Waals surface area contributed by atoms with Crippen molar-refractivity contribution in [1.29, 1.82) is 0 Å². The lowest BCUT2D eigenvalue weighted by molar-refractivity contribution is 0.375. The Balaban J connectivity index is 2.15. The summed E-state index contributed by atoms with van der Waals surface area (Å²) in [6.45, 7) is 2.20. The summed E-state index contributed by atoms with van der Waals surface area (Å²) < 4.78 is 25.9. The molecule has 4 atom stereocenters. The second-order valence-corrected chi connectivity index (χ2v) is 9.00. The Morgan fingerprint density at radius 3 is 2.37 bits per heavy atom. The molecule has 3 nitrogen and oxygen atoms in total. The summed E-state index contributed by atoms with van der Waals surface area (Å²) in [5, 5.41) is 3.05. The molecule has 0 aliphatic heterocycles. The highest BCUT2D eigenvalue weighted by molar-refractivity contribution is 7.92. The molecule has 0 radical (unpaired) electrons. The molecule has 1 N–H and O–H groups in total. The smallest absolute Gasteiger partial charge is 0.157 e. The highest BCUT2D eigenvalue weighted by Crippen LogP contribution is 2.34. The van der Waals surface area contributed by atoms with Gasteiger partial charge in [0.05, 0.1) is 10.5 Å². The summed E-state index contributed by atoms with van der Waals surface area (Å²) in [7, 11) is -1.05. The van der Waals surface area contributed by atoms with E-state index in [1.807, 2.05) is 7.05 Å². The van der Waals surface area contributed by atoms with Gasteiger partial charge >= 0.3 is 0 Å². The molecule has 4 unspecified atom stereocenters. The monoisotopic (exact) mass is 287 g/mol.